The van der Waals surface area contributed by atoms with Crippen LogP contribution in [-0.2, 0) is 9.53 Å². The lowest BCUT2D eigenvalue weighted by Gasteiger charge is -2.27. The highest BCUT2D eigenvalue weighted by Crippen LogP contribution is 2.18. The third-order valence-electron chi connectivity index (χ3n) is 3.37. The third-order valence-corrected chi connectivity index (χ3v) is 4.07. The van der Waals surface area contributed by atoms with Gasteiger partial charge in [-0.2, -0.15) is 11.8 Å². The lowest BCUT2D eigenvalue weighted by molar-refractivity contribution is -0.143. The Morgan fingerprint density at radius 3 is 2.71 bits per heavy atom. The summed E-state index contributed by atoms with van der Waals surface area (Å²) in [5.74, 6) is 1.01. The number of carbonyl (C=O) groups excluding carboxylic acids is 1. The van der Waals surface area contributed by atoms with Gasteiger partial charge in [-0.15, -0.1) is 0 Å². The second-order valence-electron chi connectivity index (χ2n) is 4.71. The molecule has 3 nitrogen and oxygen atoms in total. The van der Waals surface area contributed by atoms with Crippen LogP contribution in [0, 0.1) is 0 Å². The molecule has 1 aliphatic carbocycles. The lowest BCUT2D eigenvalue weighted by atomic mass is 9.94. The van der Waals surface area contributed by atoms with Crippen LogP contribution in [0.5, 0.6) is 0 Å². The van der Waals surface area contributed by atoms with Gasteiger partial charge in [0.25, 0.3) is 0 Å². The van der Waals surface area contributed by atoms with E-state index in [2.05, 4.69) is 11.6 Å². The molecule has 1 N–H and O–H groups in total. The van der Waals surface area contributed by atoms with Gasteiger partial charge in [0.15, 0.2) is 0 Å². The van der Waals surface area contributed by atoms with Crippen molar-refractivity contribution in [2.24, 2.45) is 0 Å². The third kappa shape index (κ3) is 5.77. The van der Waals surface area contributed by atoms with E-state index in [1.54, 1.807) is 0 Å². The maximum Gasteiger partial charge on any atom is 0.322 e. The molecular weight excluding hydrogens is 234 g/mol. The summed E-state index contributed by atoms with van der Waals surface area (Å²) in [5, 5.41) is 3.48. The fourth-order valence-electron chi connectivity index (χ4n) is 2.40. The number of esters is 1. The van der Waals surface area contributed by atoms with Crippen LogP contribution in [0.15, 0.2) is 0 Å². The quantitative estimate of drug-likeness (QED) is 0.563. The van der Waals surface area contributed by atoms with Crippen LogP contribution in [0.1, 0.15) is 44.9 Å². The molecular formula is C13H25NO2S. The van der Waals surface area contributed by atoms with Crippen molar-refractivity contribution in [3.63, 3.8) is 0 Å². The van der Waals surface area contributed by atoms with Crippen LogP contribution in [0.25, 0.3) is 0 Å². The molecule has 0 aromatic carbocycles. The normalized spacial score (nSPS) is 18.9. The molecule has 1 aliphatic rings. The Hall–Kier alpha value is -0.220. The monoisotopic (exact) mass is 259 g/mol. The second-order valence-corrected chi connectivity index (χ2v) is 5.70. The molecule has 0 heterocycles. The average Bonchev–Trinajstić information content (AvgIpc) is 2.38. The number of methoxy groups -OCH3 is 1. The van der Waals surface area contributed by atoms with Crippen LogP contribution < -0.4 is 5.32 Å². The number of thioether (sulfide) groups is 1. The molecule has 1 unspecified atom stereocenters. The number of rotatable bonds is 7. The topological polar surface area (TPSA) is 38.3 Å². The van der Waals surface area contributed by atoms with E-state index < -0.39 is 0 Å². The van der Waals surface area contributed by atoms with Gasteiger partial charge < -0.3 is 10.1 Å². The summed E-state index contributed by atoms with van der Waals surface area (Å²) in [6, 6.07) is 0.414. The summed E-state index contributed by atoms with van der Waals surface area (Å²) < 4.78 is 4.88. The molecule has 0 aliphatic heterocycles. The van der Waals surface area contributed by atoms with Crippen molar-refractivity contribution in [1.29, 1.82) is 0 Å². The minimum atomic E-state index is -0.102. The number of carbonyl (C=O) groups is 1. The zero-order chi connectivity index (χ0) is 12.5. The van der Waals surface area contributed by atoms with Crippen molar-refractivity contribution < 1.29 is 9.53 Å². The van der Waals surface area contributed by atoms with Gasteiger partial charge in [-0.3, -0.25) is 4.79 Å². The Balaban J connectivity index is 2.35. The van der Waals surface area contributed by atoms with Gasteiger partial charge >= 0.3 is 5.97 Å². The average molecular weight is 259 g/mol. The fourth-order valence-corrected chi connectivity index (χ4v) is 2.85. The number of nitrogens with one attached hydrogen (secondary N) is 1. The van der Waals surface area contributed by atoms with E-state index in [4.69, 9.17) is 4.74 Å². The molecule has 0 amide bonds. The van der Waals surface area contributed by atoms with Crippen molar-refractivity contribution in [3.8, 4) is 0 Å². The van der Waals surface area contributed by atoms with Crippen molar-refractivity contribution >= 4 is 17.7 Å². The van der Waals surface area contributed by atoms with Gasteiger partial charge in [0.1, 0.15) is 6.04 Å². The summed E-state index contributed by atoms with van der Waals surface area (Å²) in [4.78, 5) is 11.7. The predicted octanol–water partition coefficient (Wildman–Crippen LogP) is 2.59. The van der Waals surface area contributed by atoms with E-state index >= 15 is 0 Å². The standard InChI is InChI=1S/C13H25NO2S/c1-16-13(15)12(9-6-10-17-2)14-11-7-4-3-5-8-11/h11-12,14H,3-10H2,1-2H3. The summed E-state index contributed by atoms with van der Waals surface area (Å²) in [6.07, 6.45) is 10.4. The van der Waals surface area contributed by atoms with Crippen LogP contribution in [0.2, 0.25) is 0 Å². The molecule has 4 heteroatoms. The molecule has 0 bridgehead atoms. The minimum Gasteiger partial charge on any atom is -0.468 e. The van der Waals surface area contributed by atoms with E-state index in [9.17, 15) is 4.79 Å². The fraction of sp³-hybridized carbons (Fsp3) is 0.923. The van der Waals surface area contributed by atoms with E-state index in [1.165, 1.54) is 39.2 Å². The van der Waals surface area contributed by atoms with Crippen LogP contribution in [-0.4, -0.2) is 37.2 Å². The summed E-state index contributed by atoms with van der Waals surface area (Å²) in [5.41, 5.74) is 0. The van der Waals surface area contributed by atoms with E-state index in [-0.39, 0.29) is 12.0 Å². The summed E-state index contributed by atoms with van der Waals surface area (Å²) in [6.45, 7) is 0. The highest BCUT2D eigenvalue weighted by molar-refractivity contribution is 7.98. The van der Waals surface area contributed by atoms with Crippen LogP contribution in [0.4, 0.5) is 0 Å². The zero-order valence-electron chi connectivity index (χ0n) is 11.0. The Bertz CT molecular complexity index is 217. The summed E-state index contributed by atoms with van der Waals surface area (Å²) >= 11 is 1.83. The highest BCUT2D eigenvalue weighted by Gasteiger charge is 2.23. The van der Waals surface area contributed by atoms with E-state index in [0.29, 0.717) is 6.04 Å². The largest absolute Gasteiger partial charge is 0.468 e. The first-order valence-electron chi connectivity index (χ1n) is 6.60. The molecule has 17 heavy (non-hydrogen) atoms. The number of hydrogen-bond acceptors (Lipinski definition) is 4. The Labute approximate surface area is 109 Å². The number of ether oxygens (including phenoxy) is 1. The lowest BCUT2D eigenvalue weighted by Crippen LogP contribution is -2.44. The van der Waals surface area contributed by atoms with Crippen LogP contribution >= 0.6 is 11.8 Å². The molecule has 0 aromatic heterocycles. The van der Waals surface area contributed by atoms with E-state index in [0.717, 1.165) is 18.6 Å². The molecule has 1 atom stereocenters. The molecule has 0 aromatic rings. The van der Waals surface area contributed by atoms with Crippen molar-refractivity contribution in [2.75, 3.05) is 19.1 Å². The maximum atomic E-state index is 11.7. The first kappa shape index (κ1) is 14.8. The Kier molecular flexibility index (Phi) is 7.69. The maximum absolute atomic E-state index is 11.7. The first-order chi connectivity index (χ1) is 8.27. The van der Waals surface area contributed by atoms with E-state index in [1.807, 2.05) is 11.8 Å². The molecule has 0 radical (unpaired) electrons. The second kappa shape index (κ2) is 8.81. The van der Waals surface area contributed by atoms with Crippen molar-refractivity contribution in [3.05, 3.63) is 0 Å². The SMILES string of the molecule is COC(=O)C(CCCSC)NC1CCCCC1. The Morgan fingerprint density at radius 1 is 1.41 bits per heavy atom. The zero-order valence-corrected chi connectivity index (χ0v) is 11.9. The first-order valence-corrected chi connectivity index (χ1v) is 8.00. The molecule has 1 rings (SSSR count). The van der Waals surface area contributed by atoms with Crippen molar-refractivity contribution in [1.82, 2.24) is 5.32 Å². The van der Waals surface area contributed by atoms with Gasteiger partial charge in [0.05, 0.1) is 7.11 Å². The number of hydrogen-bond donors (Lipinski definition) is 1. The molecule has 1 saturated carbocycles. The smallest absolute Gasteiger partial charge is 0.322 e. The molecule has 0 spiro atoms. The van der Waals surface area contributed by atoms with Gasteiger partial charge in [0.2, 0.25) is 0 Å². The summed E-state index contributed by atoms with van der Waals surface area (Å²) in [7, 11) is 1.48. The predicted molar refractivity (Wildman–Crippen MR) is 73.4 cm³/mol. The van der Waals surface area contributed by atoms with Crippen molar-refractivity contribution in [2.45, 2.75) is 57.0 Å². The molecule has 100 valence electrons. The van der Waals surface area contributed by atoms with Gasteiger partial charge in [-0.25, -0.2) is 0 Å². The molecule has 0 saturated heterocycles. The van der Waals surface area contributed by atoms with Crippen LogP contribution in [0.3, 0.4) is 0 Å². The minimum absolute atomic E-state index is 0.100. The highest BCUT2D eigenvalue weighted by atomic mass is 32.2. The molecule has 1 fully saturated rings. The Morgan fingerprint density at radius 2 is 2.12 bits per heavy atom. The van der Waals surface area contributed by atoms with Gasteiger partial charge in [0, 0.05) is 6.04 Å². The van der Waals surface area contributed by atoms with Gasteiger partial charge in [-0.05, 0) is 37.7 Å². The van der Waals surface area contributed by atoms with Gasteiger partial charge in [-0.1, -0.05) is 19.3 Å².